The van der Waals surface area contributed by atoms with Gasteiger partial charge in [0.15, 0.2) is 0 Å². The normalized spacial score (nSPS) is 15.0. The van der Waals surface area contributed by atoms with Gasteiger partial charge in [0.25, 0.3) is 0 Å². The van der Waals surface area contributed by atoms with Crippen molar-refractivity contribution < 1.29 is 3.83 Å². The van der Waals surface area contributed by atoms with Crippen molar-refractivity contribution in [2.75, 3.05) is 0 Å². The Hall–Kier alpha value is 1.32. The SMILES string of the molecule is CC[Se](=O)[Na]. The zero-order valence-electron chi connectivity index (χ0n) is 3.52. The predicted molar refractivity (Wildman–Crippen MR) is 22.7 cm³/mol. The average molecular weight is 147 g/mol. The van der Waals surface area contributed by atoms with Crippen molar-refractivity contribution in [3.05, 3.63) is 0 Å². The average Bonchev–Trinajstić information content (AvgIpc) is 1.38. The van der Waals surface area contributed by atoms with Gasteiger partial charge in [0.05, 0.1) is 0 Å². The van der Waals surface area contributed by atoms with Crippen LogP contribution in [0.4, 0.5) is 0 Å². The van der Waals surface area contributed by atoms with Gasteiger partial charge < -0.3 is 0 Å². The molecule has 1 nitrogen and oxygen atoms in total. The van der Waals surface area contributed by atoms with E-state index in [1.165, 1.54) is 0 Å². The van der Waals surface area contributed by atoms with E-state index >= 15 is 0 Å². The Morgan fingerprint density at radius 1 is 2.00 bits per heavy atom. The summed E-state index contributed by atoms with van der Waals surface area (Å²) in [4.78, 5) is 0. The molecule has 0 radical (unpaired) electrons. The van der Waals surface area contributed by atoms with Crippen molar-refractivity contribution >= 4 is 34.8 Å². The third-order valence-electron chi connectivity index (χ3n) is 0.407. The van der Waals surface area contributed by atoms with Crippen LogP contribution in [0.25, 0.3) is 0 Å². The maximum atomic E-state index is 10.1. The molecule has 0 aliphatic heterocycles. The Kier molecular flexibility index (Phi) is 4.43. The van der Waals surface area contributed by atoms with Crippen molar-refractivity contribution in [3.63, 3.8) is 0 Å². The van der Waals surface area contributed by atoms with Crippen LogP contribution >= 0.6 is 0 Å². The van der Waals surface area contributed by atoms with Crippen molar-refractivity contribution in [2.24, 2.45) is 0 Å². The molecule has 1 unspecified atom stereocenters. The monoisotopic (exact) mass is 148 g/mol. The van der Waals surface area contributed by atoms with Crippen molar-refractivity contribution in [2.45, 2.75) is 12.2 Å². The van der Waals surface area contributed by atoms with Crippen LogP contribution < -0.4 is 0 Å². The fourth-order valence-electron chi connectivity index (χ4n) is 0. The maximum absolute atomic E-state index is 10.1. The fourth-order valence-corrected chi connectivity index (χ4v) is 0. The first-order valence-corrected chi connectivity index (χ1v) is 9.44. The van der Waals surface area contributed by atoms with E-state index in [0.29, 0.717) is 0 Å². The van der Waals surface area contributed by atoms with Crippen LogP contribution in [0.3, 0.4) is 0 Å². The van der Waals surface area contributed by atoms with Crippen LogP contribution in [-0.4, -0.2) is 34.8 Å². The van der Waals surface area contributed by atoms with E-state index in [1.54, 1.807) is 0 Å². The topological polar surface area (TPSA) is 17.1 Å². The van der Waals surface area contributed by atoms with E-state index in [-0.39, 0.29) is 0 Å². The van der Waals surface area contributed by atoms with Crippen LogP contribution in [-0.2, 0) is 3.83 Å². The number of hydrogen-bond acceptors (Lipinski definition) is 1. The summed E-state index contributed by atoms with van der Waals surface area (Å²) in [5, 5.41) is 0.937. The van der Waals surface area contributed by atoms with Crippen molar-refractivity contribution in [3.8, 4) is 0 Å². The van der Waals surface area contributed by atoms with Crippen LogP contribution in [0, 0.1) is 0 Å². The molecule has 0 aliphatic rings. The van der Waals surface area contributed by atoms with Gasteiger partial charge in [0.1, 0.15) is 0 Å². The van der Waals surface area contributed by atoms with E-state index in [4.69, 9.17) is 0 Å². The molecule has 0 aromatic rings. The Morgan fingerprint density at radius 3 is 2.20 bits per heavy atom. The molecule has 5 heavy (non-hydrogen) atoms. The molecule has 0 fully saturated rings. The summed E-state index contributed by atoms with van der Waals surface area (Å²) in [7, 11) is -1.16. The summed E-state index contributed by atoms with van der Waals surface area (Å²) in [6.45, 7) is 1.98. The summed E-state index contributed by atoms with van der Waals surface area (Å²) in [6, 6.07) is 0. The Labute approximate surface area is 50.5 Å². The molecule has 0 heterocycles. The second-order valence-corrected chi connectivity index (χ2v) is 9.21. The van der Waals surface area contributed by atoms with Gasteiger partial charge in [-0.1, -0.05) is 0 Å². The second kappa shape index (κ2) is 3.51. The van der Waals surface area contributed by atoms with Crippen LogP contribution in [0.5, 0.6) is 0 Å². The molecule has 0 amide bonds. The molecule has 0 aromatic carbocycles. The van der Waals surface area contributed by atoms with Crippen LogP contribution in [0.2, 0.25) is 5.32 Å². The van der Waals surface area contributed by atoms with Crippen LogP contribution in [0.1, 0.15) is 6.92 Å². The van der Waals surface area contributed by atoms with Gasteiger partial charge in [-0.15, -0.1) is 0 Å². The van der Waals surface area contributed by atoms with Crippen LogP contribution in [0.15, 0.2) is 0 Å². The number of hydrogen-bond donors (Lipinski definition) is 0. The molecular formula is C2H5NaOSe. The van der Waals surface area contributed by atoms with E-state index in [2.05, 4.69) is 0 Å². The molecule has 0 saturated carbocycles. The van der Waals surface area contributed by atoms with Crippen molar-refractivity contribution in [1.29, 1.82) is 0 Å². The Bertz CT molecular complexity index is 44.9. The summed E-state index contributed by atoms with van der Waals surface area (Å²) in [6.07, 6.45) is 0. The number of rotatable bonds is 1. The standard InChI is InChI=1S/C2H5OSe.Na/c1-2-4-3;/h2H2,1H3;/q+1;-1. The fraction of sp³-hybridized carbons (Fsp3) is 1.00. The van der Waals surface area contributed by atoms with Gasteiger partial charge in [0, 0.05) is 0 Å². The third kappa shape index (κ3) is 5.32. The van der Waals surface area contributed by atoms with Gasteiger partial charge in [0.2, 0.25) is 0 Å². The molecule has 1 atom stereocenters. The zero-order chi connectivity index (χ0) is 4.28. The quantitative estimate of drug-likeness (QED) is 0.480. The molecule has 0 saturated heterocycles. The summed E-state index contributed by atoms with van der Waals surface area (Å²) in [5.74, 6) is 0. The molecule has 0 bridgehead atoms. The zero-order valence-corrected chi connectivity index (χ0v) is 7.24. The second-order valence-electron chi connectivity index (χ2n) is 0.862. The summed E-state index contributed by atoms with van der Waals surface area (Å²) < 4.78 is 10.1. The van der Waals surface area contributed by atoms with Gasteiger partial charge >= 0.3 is 50.8 Å². The van der Waals surface area contributed by atoms with Crippen molar-refractivity contribution in [1.82, 2.24) is 0 Å². The Morgan fingerprint density at radius 2 is 2.20 bits per heavy atom. The van der Waals surface area contributed by atoms with Gasteiger partial charge in [-0.2, -0.15) is 0 Å². The third-order valence-corrected chi connectivity index (χ3v) is 5.11. The molecule has 0 rings (SSSR count). The first-order valence-electron chi connectivity index (χ1n) is 1.57. The Balaban J connectivity index is 2.85. The minimum absolute atomic E-state index is 0.937. The predicted octanol–water partition coefficient (Wildman–Crippen LogP) is 0.0935. The first-order chi connectivity index (χ1) is 2.27. The molecule has 0 N–H and O–H groups in total. The molecule has 0 spiro atoms. The molecular weight excluding hydrogens is 142 g/mol. The van der Waals surface area contributed by atoms with E-state index in [0.717, 1.165) is 30.7 Å². The van der Waals surface area contributed by atoms with Gasteiger partial charge in [-0.05, 0) is 0 Å². The molecule has 0 aliphatic carbocycles. The minimum atomic E-state index is -1.16. The summed E-state index contributed by atoms with van der Waals surface area (Å²) in [5.41, 5.74) is 0. The van der Waals surface area contributed by atoms with E-state index in [9.17, 15) is 3.83 Å². The van der Waals surface area contributed by atoms with Gasteiger partial charge in [-0.25, -0.2) is 0 Å². The summed E-state index contributed by atoms with van der Waals surface area (Å²) >= 11 is 0.939. The van der Waals surface area contributed by atoms with E-state index < -0.39 is 9.39 Å². The molecule has 0 aromatic heterocycles. The molecule has 26 valence electrons. The van der Waals surface area contributed by atoms with E-state index in [1.807, 2.05) is 6.92 Å². The van der Waals surface area contributed by atoms with Gasteiger partial charge in [-0.3, -0.25) is 0 Å². The first kappa shape index (κ1) is 6.32. The molecule has 3 heteroatoms.